The molecule has 0 aliphatic rings. The van der Waals surface area contributed by atoms with E-state index in [2.05, 4.69) is 10.6 Å². The molecule has 0 radical (unpaired) electrons. The molecule has 2 aromatic rings. The van der Waals surface area contributed by atoms with Gasteiger partial charge in [0.25, 0.3) is 5.69 Å². The van der Waals surface area contributed by atoms with Crippen molar-refractivity contribution in [1.82, 2.24) is 5.32 Å². The lowest BCUT2D eigenvalue weighted by atomic mass is 9.98. The molecule has 0 aliphatic heterocycles. The van der Waals surface area contributed by atoms with Gasteiger partial charge in [-0.05, 0) is 41.8 Å². The van der Waals surface area contributed by atoms with E-state index in [4.69, 9.17) is 5.26 Å². The summed E-state index contributed by atoms with van der Waals surface area (Å²) in [6.45, 7) is 3.77. The summed E-state index contributed by atoms with van der Waals surface area (Å²) in [4.78, 5) is 35.4. The summed E-state index contributed by atoms with van der Waals surface area (Å²) in [5, 5.41) is 25.1. The molecule has 0 aromatic heterocycles. The number of rotatable bonds is 8. The lowest BCUT2D eigenvalue weighted by Gasteiger charge is -2.23. The lowest BCUT2D eigenvalue weighted by molar-refractivity contribution is -0.384. The Morgan fingerprint density at radius 2 is 1.93 bits per heavy atom. The highest BCUT2D eigenvalue weighted by Crippen LogP contribution is 2.15. The van der Waals surface area contributed by atoms with Crippen LogP contribution >= 0.6 is 0 Å². The number of hydrogen-bond acceptors (Lipinski definition) is 5. The van der Waals surface area contributed by atoms with Gasteiger partial charge in [-0.1, -0.05) is 32.4 Å². The number of non-ortho nitro benzene ring substituents is 1. The Bertz CT molecular complexity index is 993. The van der Waals surface area contributed by atoms with Crippen LogP contribution in [0.5, 0.6) is 0 Å². The molecule has 2 atom stereocenters. The van der Waals surface area contributed by atoms with Gasteiger partial charge < -0.3 is 10.6 Å². The Balaban J connectivity index is 2.08. The maximum absolute atomic E-state index is 12.7. The zero-order valence-corrected chi connectivity index (χ0v) is 16.7. The number of nitriles is 1. The number of carbonyl (C=O) groups excluding carboxylic acids is 2. The van der Waals surface area contributed by atoms with Crippen LogP contribution in [-0.2, 0) is 9.59 Å². The smallest absolute Gasteiger partial charge is 0.270 e. The van der Waals surface area contributed by atoms with Gasteiger partial charge in [0, 0.05) is 23.9 Å². The standard InChI is InChI=1S/C22H22N4O4/c1-3-15(2)21(22(28)24-18-10-7-17(14-23)8-11-18)25-20(27)12-9-16-5-4-6-19(13-16)26(29)30/h4-13,15,21H,3H2,1-2H3,(H,24,28)(H,25,27)/b12-9+/t15-,21-/m0/s1. The zero-order valence-electron chi connectivity index (χ0n) is 16.7. The molecular formula is C22H22N4O4. The monoisotopic (exact) mass is 406 g/mol. The average Bonchev–Trinajstić information content (AvgIpc) is 2.76. The zero-order chi connectivity index (χ0) is 22.1. The maximum atomic E-state index is 12.7. The Morgan fingerprint density at radius 1 is 1.23 bits per heavy atom. The summed E-state index contributed by atoms with van der Waals surface area (Å²) in [5.74, 6) is -0.980. The highest BCUT2D eigenvalue weighted by atomic mass is 16.6. The van der Waals surface area contributed by atoms with Gasteiger partial charge in [0.15, 0.2) is 0 Å². The van der Waals surface area contributed by atoms with Crippen LogP contribution in [0.15, 0.2) is 54.6 Å². The molecule has 0 heterocycles. The van der Waals surface area contributed by atoms with E-state index in [0.717, 1.165) is 0 Å². The number of nitrogens with zero attached hydrogens (tertiary/aromatic N) is 2. The second-order valence-electron chi connectivity index (χ2n) is 6.74. The fourth-order valence-electron chi connectivity index (χ4n) is 2.67. The molecule has 2 rings (SSSR count). The predicted octanol–water partition coefficient (Wildman–Crippen LogP) is 3.65. The molecule has 0 aliphatic carbocycles. The normalized spacial score (nSPS) is 12.6. The van der Waals surface area contributed by atoms with Gasteiger partial charge in [0.2, 0.25) is 11.8 Å². The molecule has 8 heteroatoms. The quantitative estimate of drug-likeness (QED) is 0.393. The molecule has 0 saturated carbocycles. The summed E-state index contributed by atoms with van der Waals surface area (Å²) < 4.78 is 0. The molecular weight excluding hydrogens is 384 g/mol. The molecule has 0 saturated heterocycles. The summed E-state index contributed by atoms with van der Waals surface area (Å²) in [7, 11) is 0. The summed E-state index contributed by atoms with van der Waals surface area (Å²) in [6.07, 6.45) is 3.36. The SMILES string of the molecule is CC[C@H](C)[C@H](NC(=O)/C=C/c1cccc([N+](=O)[O-])c1)C(=O)Nc1ccc(C#N)cc1. The maximum Gasteiger partial charge on any atom is 0.270 e. The minimum atomic E-state index is -0.770. The molecule has 0 unspecified atom stereocenters. The van der Waals surface area contributed by atoms with Crippen LogP contribution in [0.2, 0.25) is 0 Å². The summed E-state index contributed by atoms with van der Waals surface area (Å²) in [5.41, 5.74) is 1.43. The molecule has 0 fully saturated rings. The number of nitro benzene ring substituents is 1. The number of nitro groups is 1. The number of carbonyl (C=O) groups is 2. The first kappa shape index (κ1) is 22.3. The first-order valence-corrected chi connectivity index (χ1v) is 9.38. The lowest BCUT2D eigenvalue weighted by Crippen LogP contribution is -2.47. The molecule has 2 N–H and O–H groups in total. The van der Waals surface area contributed by atoms with Crippen molar-refractivity contribution >= 4 is 29.3 Å². The second-order valence-corrected chi connectivity index (χ2v) is 6.74. The second kappa shape index (κ2) is 10.5. The van der Waals surface area contributed by atoms with Crippen LogP contribution in [0.25, 0.3) is 6.08 Å². The van der Waals surface area contributed by atoms with Gasteiger partial charge in [-0.3, -0.25) is 19.7 Å². The van der Waals surface area contributed by atoms with E-state index in [-0.39, 0.29) is 17.5 Å². The van der Waals surface area contributed by atoms with Crippen LogP contribution in [0.1, 0.15) is 31.4 Å². The van der Waals surface area contributed by atoms with Crippen molar-refractivity contribution in [2.45, 2.75) is 26.3 Å². The van der Waals surface area contributed by atoms with Crippen molar-refractivity contribution in [2.24, 2.45) is 5.92 Å². The highest BCUT2D eigenvalue weighted by Gasteiger charge is 2.25. The summed E-state index contributed by atoms with van der Waals surface area (Å²) >= 11 is 0. The third kappa shape index (κ3) is 6.27. The van der Waals surface area contributed by atoms with E-state index in [0.29, 0.717) is 23.2 Å². The fraction of sp³-hybridized carbons (Fsp3) is 0.227. The molecule has 8 nitrogen and oxygen atoms in total. The van der Waals surface area contributed by atoms with Crippen LogP contribution in [0.4, 0.5) is 11.4 Å². The van der Waals surface area contributed by atoms with Gasteiger partial charge in [-0.25, -0.2) is 0 Å². The minimum absolute atomic E-state index is 0.0724. The molecule has 2 aromatic carbocycles. The topological polar surface area (TPSA) is 125 Å². The Morgan fingerprint density at radius 3 is 2.53 bits per heavy atom. The van der Waals surface area contributed by atoms with Crippen LogP contribution in [0, 0.1) is 27.4 Å². The van der Waals surface area contributed by atoms with Crippen molar-refractivity contribution < 1.29 is 14.5 Å². The molecule has 30 heavy (non-hydrogen) atoms. The Kier molecular flexibility index (Phi) is 7.82. The van der Waals surface area contributed by atoms with Crippen LogP contribution in [0.3, 0.4) is 0 Å². The van der Waals surface area contributed by atoms with E-state index in [1.54, 1.807) is 30.3 Å². The van der Waals surface area contributed by atoms with Crippen molar-refractivity contribution in [3.8, 4) is 6.07 Å². The third-order valence-corrected chi connectivity index (χ3v) is 4.58. The first-order valence-electron chi connectivity index (χ1n) is 9.38. The molecule has 2 amide bonds. The first-order chi connectivity index (χ1) is 14.3. The number of amides is 2. The van der Waals surface area contributed by atoms with Gasteiger partial charge in [-0.15, -0.1) is 0 Å². The van der Waals surface area contributed by atoms with E-state index < -0.39 is 16.9 Å². The van der Waals surface area contributed by atoms with E-state index in [1.807, 2.05) is 19.9 Å². The van der Waals surface area contributed by atoms with Crippen molar-refractivity contribution in [3.05, 3.63) is 75.8 Å². The average molecular weight is 406 g/mol. The van der Waals surface area contributed by atoms with E-state index in [9.17, 15) is 19.7 Å². The van der Waals surface area contributed by atoms with Crippen LogP contribution in [-0.4, -0.2) is 22.8 Å². The minimum Gasteiger partial charge on any atom is -0.340 e. The number of anilines is 1. The third-order valence-electron chi connectivity index (χ3n) is 4.58. The van der Waals surface area contributed by atoms with Gasteiger partial charge in [0.1, 0.15) is 6.04 Å². The Labute approximate surface area is 174 Å². The predicted molar refractivity (Wildman–Crippen MR) is 113 cm³/mol. The van der Waals surface area contributed by atoms with Gasteiger partial charge in [0.05, 0.1) is 16.6 Å². The van der Waals surface area contributed by atoms with Gasteiger partial charge in [-0.2, -0.15) is 5.26 Å². The van der Waals surface area contributed by atoms with Crippen molar-refractivity contribution in [1.29, 1.82) is 5.26 Å². The number of benzene rings is 2. The summed E-state index contributed by atoms with van der Waals surface area (Å²) in [6, 6.07) is 13.5. The molecule has 0 spiro atoms. The van der Waals surface area contributed by atoms with E-state index in [1.165, 1.54) is 30.4 Å². The van der Waals surface area contributed by atoms with Crippen molar-refractivity contribution in [3.63, 3.8) is 0 Å². The number of hydrogen-bond donors (Lipinski definition) is 2. The highest BCUT2D eigenvalue weighted by molar-refractivity contribution is 6.00. The molecule has 154 valence electrons. The largest absolute Gasteiger partial charge is 0.340 e. The van der Waals surface area contributed by atoms with Gasteiger partial charge >= 0.3 is 0 Å². The van der Waals surface area contributed by atoms with Crippen molar-refractivity contribution in [2.75, 3.05) is 5.32 Å². The fourth-order valence-corrected chi connectivity index (χ4v) is 2.67. The number of nitrogens with one attached hydrogen (secondary N) is 2. The van der Waals surface area contributed by atoms with E-state index >= 15 is 0 Å². The molecule has 0 bridgehead atoms. The van der Waals surface area contributed by atoms with Crippen LogP contribution < -0.4 is 10.6 Å². The Hall–Kier alpha value is -3.99.